The second-order valence-corrected chi connectivity index (χ2v) is 7.49. The molecule has 2 amide bonds. The minimum absolute atomic E-state index is 0.147. The molecule has 3 aromatic rings. The van der Waals surface area contributed by atoms with Crippen LogP contribution in [0.3, 0.4) is 0 Å². The largest absolute Gasteiger partial charge is 0.493 e. The van der Waals surface area contributed by atoms with E-state index in [4.69, 9.17) is 14.2 Å². The molecule has 2 N–H and O–H groups in total. The standard InChI is InChI=1S/C26H25FN2O6/c1-17(18-6-4-3-5-7-18)28-24(30)16-35-26(32)19-8-13-22(23(14-19)33-2)34-15-25(31)29-21-11-9-20(27)10-12-21/h3-14,17H,15-16H2,1-2H3,(H,28,30)(H,29,31)/t17-/m0/s1. The van der Waals surface area contributed by atoms with Crippen molar-refractivity contribution in [3.05, 3.63) is 89.7 Å². The van der Waals surface area contributed by atoms with Gasteiger partial charge in [-0.1, -0.05) is 30.3 Å². The minimum Gasteiger partial charge on any atom is -0.493 e. The highest BCUT2D eigenvalue weighted by Crippen LogP contribution is 2.28. The molecule has 0 radical (unpaired) electrons. The zero-order chi connectivity index (χ0) is 25.2. The number of rotatable bonds is 10. The number of anilines is 1. The number of carbonyl (C=O) groups is 3. The van der Waals surface area contributed by atoms with Crippen molar-refractivity contribution in [1.82, 2.24) is 5.32 Å². The van der Waals surface area contributed by atoms with Crippen molar-refractivity contribution in [2.45, 2.75) is 13.0 Å². The molecule has 0 saturated heterocycles. The first-order valence-corrected chi connectivity index (χ1v) is 10.7. The molecule has 1 atom stereocenters. The van der Waals surface area contributed by atoms with Crippen molar-refractivity contribution in [2.24, 2.45) is 0 Å². The maximum absolute atomic E-state index is 13.0. The Labute approximate surface area is 202 Å². The third kappa shape index (κ3) is 7.56. The van der Waals surface area contributed by atoms with Crippen LogP contribution in [0, 0.1) is 5.82 Å². The second-order valence-electron chi connectivity index (χ2n) is 7.49. The van der Waals surface area contributed by atoms with Crippen LogP contribution in [0.25, 0.3) is 0 Å². The van der Waals surface area contributed by atoms with Crippen LogP contribution < -0.4 is 20.1 Å². The normalized spacial score (nSPS) is 11.2. The summed E-state index contributed by atoms with van der Waals surface area (Å²) in [5, 5.41) is 5.34. The second kappa shape index (κ2) is 12.2. The van der Waals surface area contributed by atoms with E-state index in [2.05, 4.69) is 10.6 Å². The number of methoxy groups -OCH3 is 1. The van der Waals surface area contributed by atoms with Gasteiger partial charge in [-0.2, -0.15) is 0 Å². The van der Waals surface area contributed by atoms with Gasteiger partial charge >= 0.3 is 5.97 Å². The van der Waals surface area contributed by atoms with Gasteiger partial charge in [0.05, 0.1) is 18.7 Å². The van der Waals surface area contributed by atoms with Gasteiger partial charge in [0, 0.05) is 5.69 Å². The van der Waals surface area contributed by atoms with Crippen molar-refractivity contribution in [1.29, 1.82) is 0 Å². The zero-order valence-corrected chi connectivity index (χ0v) is 19.2. The van der Waals surface area contributed by atoms with E-state index in [-0.39, 0.29) is 29.7 Å². The van der Waals surface area contributed by atoms with Crippen LogP contribution in [-0.4, -0.2) is 38.1 Å². The van der Waals surface area contributed by atoms with Gasteiger partial charge in [-0.3, -0.25) is 9.59 Å². The zero-order valence-electron chi connectivity index (χ0n) is 19.2. The summed E-state index contributed by atoms with van der Waals surface area (Å²) in [5.74, 6) is -1.59. The van der Waals surface area contributed by atoms with Gasteiger partial charge in [0.25, 0.3) is 11.8 Å². The molecule has 3 aromatic carbocycles. The predicted octanol–water partition coefficient (Wildman–Crippen LogP) is 3.89. The van der Waals surface area contributed by atoms with E-state index in [0.29, 0.717) is 5.69 Å². The number of amides is 2. The van der Waals surface area contributed by atoms with Gasteiger partial charge < -0.3 is 24.8 Å². The van der Waals surface area contributed by atoms with E-state index in [1.165, 1.54) is 49.6 Å². The van der Waals surface area contributed by atoms with Gasteiger partial charge in [0.2, 0.25) is 0 Å². The third-order valence-electron chi connectivity index (χ3n) is 4.90. The average Bonchev–Trinajstić information content (AvgIpc) is 2.87. The molecule has 0 fully saturated rings. The van der Waals surface area contributed by atoms with E-state index in [1.54, 1.807) is 0 Å². The van der Waals surface area contributed by atoms with Gasteiger partial charge in [-0.25, -0.2) is 9.18 Å². The number of benzene rings is 3. The molecule has 3 rings (SSSR count). The summed E-state index contributed by atoms with van der Waals surface area (Å²) in [6.45, 7) is 1.05. The fraction of sp³-hybridized carbons (Fsp3) is 0.192. The lowest BCUT2D eigenvalue weighted by Gasteiger charge is -2.15. The van der Waals surface area contributed by atoms with Gasteiger partial charge in [-0.15, -0.1) is 0 Å². The highest BCUT2D eigenvalue weighted by atomic mass is 19.1. The summed E-state index contributed by atoms with van der Waals surface area (Å²) in [6.07, 6.45) is 0. The average molecular weight is 480 g/mol. The number of esters is 1. The van der Waals surface area contributed by atoms with E-state index in [1.807, 2.05) is 37.3 Å². The predicted molar refractivity (Wildman–Crippen MR) is 127 cm³/mol. The molecule has 9 heteroatoms. The van der Waals surface area contributed by atoms with Gasteiger partial charge in [-0.05, 0) is 55.0 Å². The van der Waals surface area contributed by atoms with Crippen LogP contribution in [0.2, 0.25) is 0 Å². The summed E-state index contributed by atoms with van der Waals surface area (Å²) >= 11 is 0. The van der Waals surface area contributed by atoms with Crippen molar-refractivity contribution >= 4 is 23.5 Å². The molecule has 0 spiro atoms. The van der Waals surface area contributed by atoms with Crippen LogP contribution in [0.15, 0.2) is 72.8 Å². The van der Waals surface area contributed by atoms with Crippen molar-refractivity contribution in [3.8, 4) is 11.5 Å². The van der Waals surface area contributed by atoms with Crippen LogP contribution in [0.4, 0.5) is 10.1 Å². The molecule has 35 heavy (non-hydrogen) atoms. The van der Waals surface area contributed by atoms with E-state index < -0.39 is 30.2 Å². The Morgan fingerprint density at radius 1 is 0.886 bits per heavy atom. The lowest BCUT2D eigenvalue weighted by molar-refractivity contribution is -0.124. The Bertz CT molecular complexity index is 1170. The lowest BCUT2D eigenvalue weighted by Crippen LogP contribution is -2.31. The van der Waals surface area contributed by atoms with E-state index in [9.17, 15) is 18.8 Å². The van der Waals surface area contributed by atoms with Crippen molar-refractivity contribution in [3.63, 3.8) is 0 Å². The van der Waals surface area contributed by atoms with E-state index in [0.717, 1.165) is 5.56 Å². The number of ether oxygens (including phenoxy) is 3. The van der Waals surface area contributed by atoms with Crippen LogP contribution in [0.5, 0.6) is 11.5 Å². The monoisotopic (exact) mass is 480 g/mol. The maximum Gasteiger partial charge on any atom is 0.338 e. The molecule has 182 valence electrons. The molecule has 0 unspecified atom stereocenters. The summed E-state index contributed by atoms with van der Waals surface area (Å²) in [5.41, 5.74) is 1.50. The molecule has 0 heterocycles. The van der Waals surface area contributed by atoms with Crippen LogP contribution in [-0.2, 0) is 14.3 Å². The number of halogens is 1. The molecular weight excluding hydrogens is 455 g/mol. The quantitative estimate of drug-likeness (QED) is 0.427. The molecule has 0 aromatic heterocycles. The van der Waals surface area contributed by atoms with Gasteiger partial charge in [0.15, 0.2) is 24.7 Å². The van der Waals surface area contributed by atoms with E-state index >= 15 is 0 Å². The molecule has 8 nitrogen and oxygen atoms in total. The fourth-order valence-electron chi connectivity index (χ4n) is 3.11. The summed E-state index contributed by atoms with van der Waals surface area (Å²) < 4.78 is 28.8. The Morgan fingerprint density at radius 3 is 2.29 bits per heavy atom. The number of hydrogen-bond donors (Lipinski definition) is 2. The SMILES string of the molecule is COc1cc(C(=O)OCC(=O)N[C@@H](C)c2ccccc2)ccc1OCC(=O)Nc1ccc(F)cc1. The smallest absolute Gasteiger partial charge is 0.338 e. The molecule has 0 saturated carbocycles. The van der Waals surface area contributed by atoms with Gasteiger partial charge in [0.1, 0.15) is 5.82 Å². The first-order valence-electron chi connectivity index (χ1n) is 10.7. The first kappa shape index (κ1) is 25.2. The lowest BCUT2D eigenvalue weighted by atomic mass is 10.1. The fourth-order valence-corrected chi connectivity index (χ4v) is 3.11. The Hall–Kier alpha value is -4.40. The first-order chi connectivity index (χ1) is 16.9. The molecule has 0 bridgehead atoms. The Kier molecular flexibility index (Phi) is 8.77. The molecule has 0 aliphatic rings. The number of nitrogens with one attached hydrogen (secondary N) is 2. The summed E-state index contributed by atoms with van der Waals surface area (Å²) in [4.78, 5) is 36.6. The van der Waals surface area contributed by atoms with Crippen molar-refractivity contribution < 1.29 is 33.0 Å². The highest BCUT2D eigenvalue weighted by molar-refractivity contribution is 5.93. The minimum atomic E-state index is -0.716. The van der Waals surface area contributed by atoms with Crippen LogP contribution >= 0.6 is 0 Å². The molecule has 0 aliphatic heterocycles. The molecular formula is C26H25FN2O6. The van der Waals surface area contributed by atoms with Crippen LogP contribution in [0.1, 0.15) is 28.9 Å². The highest BCUT2D eigenvalue weighted by Gasteiger charge is 2.16. The Balaban J connectivity index is 1.51. The van der Waals surface area contributed by atoms with Crippen molar-refractivity contribution in [2.75, 3.05) is 25.6 Å². The third-order valence-corrected chi connectivity index (χ3v) is 4.90. The number of carbonyl (C=O) groups excluding carboxylic acids is 3. The maximum atomic E-state index is 13.0. The Morgan fingerprint density at radius 2 is 1.60 bits per heavy atom. The molecule has 0 aliphatic carbocycles. The topological polar surface area (TPSA) is 103 Å². The summed E-state index contributed by atoms with van der Waals surface area (Å²) in [7, 11) is 1.38. The summed E-state index contributed by atoms with van der Waals surface area (Å²) in [6, 6.07) is 18.8. The number of hydrogen-bond acceptors (Lipinski definition) is 6.